The Hall–Kier alpha value is -3.13. The molecule has 5 rings (SSSR count). The van der Waals surface area contributed by atoms with Crippen molar-refractivity contribution in [2.45, 2.75) is 58.1 Å². The number of fused-ring (bicyclic) bond motifs is 3. The average Bonchev–Trinajstić information content (AvgIpc) is 3.37. The van der Waals surface area contributed by atoms with Gasteiger partial charge in [-0.3, -0.25) is 0 Å². The van der Waals surface area contributed by atoms with E-state index in [1.807, 2.05) is 0 Å². The maximum atomic E-state index is 12.9. The van der Waals surface area contributed by atoms with Crippen molar-refractivity contribution in [2.24, 2.45) is 0 Å². The molecule has 33 heavy (non-hydrogen) atoms. The van der Waals surface area contributed by atoms with Crippen molar-refractivity contribution in [2.75, 3.05) is 5.32 Å². The Labute approximate surface area is 192 Å². The van der Waals surface area contributed by atoms with Crippen LogP contribution in [0.2, 0.25) is 0 Å². The maximum Gasteiger partial charge on any atom is 0.336 e. The zero-order chi connectivity index (χ0) is 23.3. The summed E-state index contributed by atoms with van der Waals surface area (Å²) >= 11 is 0. The third-order valence-electron chi connectivity index (χ3n) is 6.71. The Morgan fingerprint density at radius 1 is 0.939 bits per heavy atom. The van der Waals surface area contributed by atoms with E-state index in [0.717, 1.165) is 55.3 Å². The standard InChI is InChI=1S/C25H26N2O5S/c1-14-9-22-21(15(2)10-23(28)32-22)12-18(14)13-33(30,31)27-25(29)26-24-19-7-3-5-16(19)11-17-6-4-8-20(17)24/h9-12H,3-8,13H2,1-2H3,(H2,26,27,29). The molecule has 3 aromatic rings. The van der Waals surface area contributed by atoms with Crippen LogP contribution >= 0.6 is 0 Å². The van der Waals surface area contributed by atoms with Gasteiger partial charge in [0.15, 0.2) is 0 Å². The van der Waals surface area contributed by atoms with Gasteiger partial charge in [-0.25, -0.2) is 22.7 Å². The summed E-state index contributed by atoms with van der Waals surface area (Å²) in [6.07, 6.45) is 5.89. The van der Waals surface area contributed by atoms with Crippen LogP contribution in [-0.4, -0.2) is 14.4 Å². The lowest BCUT2D eigenvalue weighted by atomic mass is 9.99. The molecule has 0 unspecified atom stereocenters. The number of amides is 2. The third-order valence-corrected chi connectivity index (χ3v) is 7.90. The van der Waals surface area contributed by atoms with Crippen molar-refractivity contribution < 1.29 is 17.6 Å². The van der Waals surface area contributed by atoms with Gasteiger partial charge >= 0.3 is 11.7 Å². The molecule has 0 spiro atoms. The molecule has 8 heteroatoms. The number of carbonyl (C=O) groups excluding carboxylic acids is 1. The fourth-order valence-electron chi connectivity index (χ4n) is 5.15. The molecular formula is C25H26N2O5S. The van der Waals surface area contributed by atoms with Crippen LogP contribution in [0, 0.1) is 13.8 Å². The number of hydrogen-bond donors (Lipinski definition) is 2. The summed E-state index contributed by atoms with van der Waals surface area (Å²) in [4.78, 5) is 24.4. The summed E-state index contributed by atoms with van der Waals surface area (Å²) < 4.78 is 33.1. The monoisotopic (exact) mass is 466 g/mol. The smallest absolute Gasteiger partial charge is 0.336 e. The molecule has 0 saturated heterocycles. The highest BCUT2D eigenvalue weighted by Gasteiger charge is 2.26. The van der Waals surface area contributed by atoms with Crippen LogP contribution in [0.4, 0.5) is 10.5 Å². The van der Waals surface area contributed by atoms with E-state index in [0.29, 0.717) is 27.7 Å². The normalized spacial score (nSPS) is 14.8. The first-order valence-corrected chi connectivity index (χ1v) is 12.9. The molecule has 2 N–H and O–H groups in total. The molecule has 7 nitrogen and oxygen atoms in total. The van der Waals surface area contributed by atoms with Gasteiger partial charge in [0, 0.05) is 17.1 Å². The molecule has 172 valence electrons. The number of sulfonamides is 1. The van der Waals surface area contributed by atoms with Crippen LogP contribution in [0.15, 0.2) is 33.5 Å². The van der Waals surface area contributed by atoms with Gasteiger partial charge in [0.2, 0.25) is 10.0 Å². The number of anilines is 1. The minimum Gasteiger partial charge on any atom is -0.423 e. The Balaban J connectivity index is 1.38. The van der Waals surface area contributed by atoms with Crippen molar-refractivity contribution >= 4 is 32.7 Å². The van der Waals surface area contributed by atoms with E-state index in [4.69, 9.17) is 4.42 Å². The highest BCUT2D eigenvalue weighted by Crippen LogP contribution is 2.38. The van der Waals surface area contributed by atoms with E-state index >= 15 is 0 Å². The number of carbonyl (C=O) groups is 1. The summed E-state index contributed by atoms with van der Waals surface area (Å²) in [7, 11) is -3.95. The lowest BCUT2D eigenvalue weighted by Crippen LogP contribution is -2.35. The number of aryl methyl sites for hydroxylation is 4. The lowest BCUT2D eigenvalue weighted by Gasteiger charge is -2.17. The second kappa shape index (κ2) is 8.02. The van der Waals surface area contributed by atoms with E-state index in [9.17, 15) is 18.0 Å². The number of rotatable bonds is 4. The second-order valence-electron chi connectivity index (χ2n) is 9.07. The lowest BCUT2D eigenvalue weighted by molar-refractivity contribution is 0.256. The summed E-state index contributed by atoms with van der Waals surface area (Å²) in [6, 6.07) is 6.27. The van der Waals surface area contributed by atoms with Gasteiger partial charge in [-0.1, -0.05) is 6.07 Å². The summed E-state index contributed by atoms with van der Waals surface area (Å²) in [5.74, 6) is -0.355. The largest absolute Gasteiger partial charge is 0.423 e. The van der Waals surface area contributed by atoms with Crippen LogP contribution in [0.25, 0.3) is 11.0 Å². The molecule has 2 aliphatic carbocycles. The van der Waals surface area contributed by atoms with Gasteiger partial charge in [0.1, 0.15) is 5.58 Å². The predicted molar refractivity (Wildman–Crippen MR) is 127 cm³/mol. The van der Waals surface area contributed by atoms with Crippen molar-refractivity contribution in [3.05, 3.63) is 73.6 Å². The molecule has 2 aromatic carbocycles. The quantitative estimate of drug-likeness (QED) is 0.565. The minimum atomic E-state index is -3.95. The molecule has 2 amide bonds. The number of hydrogen-bond acceptors (Lipinski definition) is 5. The first kappa shape index (κ1) is 21.7. The molecule has 1 aromatic heterocycles. The van der Waals surface area contributed by atoms with Crippen molar-refractivity contribution in [3.63, 3.8) is 0 Å². The zero-order valence-electron chi connectivity index (χ0n) is 18.7. The molecule has 0 bridgehead atoms. The minimum absolute atomic E-state index is 0.355. The SMILES string of the molecule is Cc1cc2oc(=O)cc(C)c2cc1CS(=O)(=O)NC(=O)Nc1c2c(cc3c1CCC3)CCC2. The highest BCUT2D eigenvalue weighted by atomic mass is 32.2. The van der Waals surface area contributed by atoms with Gasteiger partial charge in [0.05, 0.1) is 5.75 Å². The highest BCUT2D eigenvalue weighted by molar-refractivity contribution is 7.89. The van der Waals surface area contributed by atoms with Crippen molar-refractivity contribution in [1.82, 2.24) is 4.72 Å². The predicted octanol–water partition coefficient (Wildman–Crippen LogP) is 4.04. The summed E-state index contributed by atoms with van der Waals surface area (Å²) in [5, 5.41) is 3.54. The summed E-state index contributed by atoms with van der Waals surface area (Å²) in [5.41, 5.74) is 7.51. The van der Waals surface area contributed by atoms with Crippen LogP contribution in [0.1, 0.15) is 51.8 Å². The maximum absolute atomic E-state index is 12.9. The van der Waals surface area contributed by atoms with Crippen molar-refractivity contribution in [3.8, 4) is 0 Å². The Morgan fingerprint density at radius 2 is 1.61 bits per heavy atom. The third kappa shape index (κ3) is 4.15. The molecule has 0 aliphatic heterocycles. The Bertz CT molecular complexity index is 1440. The molecule has 2 aliphatic rings. The van der Waals surface area contributed by atoms with Crippen molar-refractivity contribution in [1.29, 1.82) is 0 Å². The number of benzene rings is 2. The molecule has 0 fully saturated rings. The fraction of sp³-hybridized carbons (Fsp3) is 0.360. The van der Waals surface area contributed by atoms with Gasteiger partial charge in [0.25, 0.3) is 0 Å². The number of nitrogens with one attached hydrogen (secondary N) is 2. The number of urea groups is 1. The van der Waals surface area contributed by atoms with Crippen LogP contribution in [0.5, 0.6) is 0 Å². The second-order valence-corrected chi connectivity index (χ2v) is 10.8. The first-order chi connectivity index (χ1) is 15.7. The van der Waals surface area contributed by atoms with Gasteiger partial charge in [-0.05, 0) is 103 Å². The molecular weight excluding hydrogens is 440 g/mol. The Morgan fingerprint density at radius 3 is 2.27 bits per heavy atom. The fourth-order valence-corrected chi connectivity index (χ4v) is 6.28. The van der Waals surface area contributed by atoms with E-state index in [1.54, 1.807) is 26.0 Å². The van der Waals surface area contributed by atoms with Gasteiger partial charge < -0.3 is 9.73 Å². The van der Waals surface area contributed by atoms with Gasteiger partial charge in [-0.2, -0.15) is 0 Å². The van der Waals surface area contributed by atoms with E-state index < -0.39 is 21.7 Å². The summed E-state index contributed by atoms with van der Waals surface area (Å²) in [6.45, 7) is 3.53. The molecule has 1 heterocycles. The van der Waals surface area contributed by atoms with Gasteiger partial charge in [-0.15, -0.1) is 0 Å². The van der Waals surface area contributed by atoms with E-state index in [1.165, 1.54) is 17.2 Å². The van der Waals surface area contributed by atoms with Crippen LogP contribution in [0.3, 0.4) is 0 Å². The van der Waals surface area contributed by atoms with Crippen LogP contribution < -0.4 is 15.7 Å². The topological polar surface area (TPSA) is 105 Å². The first-order valence-electron chi connectivity index (χ1n) is 11.2. The molecule has 0 atom stereocenters. The molecule has 0 radical (unpaired) electrons. The van der Waals surface area contributed by atoms with E-state index in [-0.39, 0.29) is 5.75 Å². The van der Waals surface area contributed by atoms with Crippen LogP contribution in [-0.2, 0) is 41.5 Å². The molecule has 0 saturated carbocycles. The average molecular weight is 467 g/mol. The Kier molecular flexibility index (Phi) is 5.28. The van der Waals surface area contributed by atoms with E-state index in [2.05, 4.69) is 16.1 Å². The zero-order valence-corrected chi connectivity index (χ0v) is 19.5.